The number of hydrogen-bond donors (Lipinski definition) is 0. The highest BCUT2D eigenvalue weighted by molar-refractivity contribution is 5.67. The average molecular weight is 239 g/mol. The van der Waals surface area contributed by atoms with Gasteiger partial charge in [0, 0.05) is 6.04 Å². The zero-order valence-corrected chi connectivity index (χ0v) is 11.4. The van der Waals surface area contributed by atoms with E-state index in [1.165, 1.54) is 16.7 Å². The molecule has 1 unspecified atom stereocenters. The van der Waals surface area contributed by atoms with Gasteiger partial charge in [-0.2, -0.15) is 0 Å². The van der Waals surface area contributed by atoms with E-state index in [-0.39, 0.29) is 0 Å². The summed E-state index contributed by atoms with van der Waals surface area (Å²) < 4.78 is 0. The van der Waals surface area contributed by atoms with Gasteiger partial charge in [-0.05, 0) is 37.2 Å². The van der Waals surface area contributed by atoms with E-state index in [0.29, 0.717) is 6.04 Å². The van der Waals surface area contributed by atoms with Crippen LogP contribution in [0.1, 0.15) is 24.9 Å². The maximum absolute atomic E-state index is 2.29. The molecule has 0 radical (unpaired) electrons. The van der Waals surface area contributed by atoms with Crippen molar-refractivity contribution in [3.05, 3.63) is 60.2 Å². The molecule has 0 N–H and O–H groups in total. The molecule has 1 atom stereocenters. The summed E-state index contributed by atoms with van der Waals surface area (Å²) in [7, 11) is 4.30. The summed E-state index contributed by atoms with van der Waals surface area (Å²) in [5.41, 5.74) is 4.06. The van der Waals surface area contributed by atoms with Gasteiger partial charge in [0.15, 0.2) is 0 Å². The molecule has 0 aromatic heterocycles. The minimum atomic E-state index is 0.474. The molecular weight excluding hydrogens is 218 g/mol. The first-order chi connectivity index (χ1) is 8.74. The van der Waals surface area contributed by atoms with Crippen LogP contribution in [-0.4, -0.2) is 19.0 Å². The molecular formula is C17H21N. The van der Waals surface area contributed by atoms with Gasteiger partial charge in [-0.15, -0.1) is 0 Å². The molecule has 1 nitrogen and oxygen atoms in total. The lowest BCUT2D eigenvalue weighted by Crippen LogP contribution is -2.19. The average Bonchev–Trinajstić information content (AvgIpc) is 2.41. The van der Waals surface area contributed by atoms with E-state index in [1.807, 2.05) is 0 Å². The lowest BCUT2D eigenvalue weighted by molar-refractivity contribution is 0.292. The zero-order valence-electron chi connectivity index (χ0n) is 11.4. The molecule has 0 saturated carbocycles. The number of nitrogens with zero attached hydrogens (tertiary/aromatic N) is 1. The summed E-state index contributed by atoms with van der Waals surface area (Å²) in [5.74, 6) is 0. The van der Waals surface area contributed by atoms with Crippen LogP contribution in [0.4, 0.5) is 0 Å². The van der Waals surface area contributed by atoms with Crippen molar-refractivity contribution in [1.82, 2.24) is 4.90 Å². The number of benzene rings is 2. The van der Waals surface area contributed by atoms with E-state index in [0.717, 1.165) is 6.42 Å². The van der Waals surface area contributed by atoms with E-state index in [2.05, 4.69) is 80.5 Å². The summed E-state index contributed by atoms with van der Waals surface area (Å²) in [4.78, 5) is 2.29. The van der Waals surface area contributed by atoms with Crippen molar-refractivity contribution in [2.75, 3.05) is 14.1 Å². The SMILES string of the molecule is CCC(c1ccccc1-c1ccccc1)N(C)C. The van der Waals surface area contributed by atoms with Gasteiger partial charge in [0.1, 0.15) is 0 Å². The largest absolute Gasteiger partial charge is 0.302 e. The Morgan fingerprint density at radius 3 is 2.11 bits per heavy atom. The van der Waals surface area contributed by atoms with Gasteiger partial charge in [0.05, 0.1) is 0 Å². The third kappa shape index (κ3) is 2.62. The van der Waals surface area contributed by atoms with E-state index in [4.69, 9.17) is 0 Å². The monoisotopic (exact) mass is 239 g/mol. The first kappa shape index (κ1) is 12.8. The van der Waals surface area contributed by atoms with Crippen molar-refractivity contribution in [2.45, 2.75) is 19.4 Å². The minimum Gasteiger partial charge on any atom is -0.302 e. The molecule has 0 aliphatic rings. The van der Waals surface area contributed by atoms with Crippen molar-refractivity contribution in [3.8, 4) is 11.1 Å². The van der Waals surface area contributed by atoms with Gasteiger partial charge in [-0.1, -0.05) is 61.5 Å². The molecule has 18 heavy (non-hydrogen) atoms. The van der Waals surface area contributed by atoms with Gasteiger partial charge in [-0.25, -0.2) is 0 Å². The molecule has 0 bridgehead atoms. The topological polar surface area (TPSA) is 3.24 Å². The van der Waals surface area contributed by atoms with Gasteiger partial charge < -0.3 is 4.90 Å². The van der Waals surface area contributed by atoms with Crippen LogP contribution in [0.5, 0.6) is 0 Å². The second-order valence-corrected chi connectivity index (χ2v) is 4.84. The van der Waals surface area contributed by atoms with Gasteiger partial charge in [0.2, 0.25) is 0 Å². The third-order valence-corrected chi connectivity index (χ3v) is 3.41. The van der Waals surface area contributed by atoms with Gasteiger partial charge in [0.25, 0.3) is 0 Å². The fraction of sp³-hybridized carbons (Fsp3) is 0.294. The highest BCUT2D eigenvalue weighted by Gasteiger charge is 2.15. The summed E-state index contributed by atoms with van der Waals surface area (Å²) in [6.07, 6.45) is 1.12. The Kier molecular flexibility index (Phi) is 4.16. The molecule has 1 heteroatoms. The molecule has 2 aromatic rings. The predicted octanol–water partition coefficient (Wildman–Crippen LogP) is 4.37. The van der Waals surface area contributed by atoms with Crippen molar-refractivity contribution in [3.63, 3.8) is 0 Å². The Hall–Kier alpha value is -1.60. The molecule has 0 heterocycles. The maximum Gasteiger partial charge on any atom is 0.0345 e. The van der Waals surface area contributed by atoms with Crippen molar-refractivity contribution >= 4 is 0 Å². The Labute approximate surface area is 110 Å². The lowest BCUT2D eigenvalue weighted by atomic mass is 9.93. The van der Waals surface area contributed by atoms with Gasteiger partial charge >= 0.3 is 0 Å². The number of hydrogen-bond acceptors (Lipinski definition) is 1. The second kappa shape index (κ2) is 5.83. The normalized spacial score (nSPS) is 12.7. The van der Waals surface area contributed by atoms with E-state index < -0.39 is 0 Å². The third-order valence-electron chi connectivity index (χ3n) is 3.41. The molecule has 0 amide bonds. The Bertz CT molecular complexity index is 488. The zero-order chi connectivity index (χ0) is 13.0. The summed E-state index contributed by atoms with van der Waals surface area (Å²) in [5, 5.41) is 0. The smallest absolute Gasteiger partial charge is 0.0345 e. The highest BCUT2D eigenvalue weighted by Crippen LogP contribution is 2.31. The second-order valence-electron chi connectivity index (χ2n) is 4.84. The summed E-state index contributed by atoms with van der Waals surface area (Å²) in [6, 6.07) is 19.8. The van der Waals surface area contributed by atoms with E-state index >= 15 is 0 Å². The highest BCUT2D eigenvalue weighted by atomic mass is 15.1. The standard InChI is InChI=1S/C17H21N/c1-4-17(18(2)3)16-13-9-8-12-15(16)14-10-6-5-7-11-14/h5-13,17H,4H2,1-3H3. The van der Waals surface area contributed by atoms with Crippen molar-refractivity contribution in [2.24, 2.45) is 0 Å². The van der Waals surface area contributed by atoms with Crippen molar-refractivity contribution < 1.29 is 0 Å². The minimum absolute atomic E-state index is 0.474. The first-order valence-corrected chi connectivity index (χ1v) is 6.54. The van der Waals surface area contributed by atoms with Gasteiger partial charge in [-0.3, -0.25) is 0 Å². The Morgan fingerprint density at radius 1 is 0.889 bits per heavy atom. The van der Waals surface area contributed by atoms with E-state index in [1.54, 1.807) is 0 Å². The van der Waals surface area contributed by atoms with Crippen molar-refractivity contribution in [1.29, 1.82) is 0 Å². The van der Waals surface area contributed by atoms with Crippen LogP contribution in [0.25, 0.3) is 11.1 Å². The molecule has 0 saturated heterocycles. The lowest BCUT2D eigenvalue weighted by Gasteiger charge is -2.25. The summed E-state index contributed by atoms with van der Waals surface area (Å²) in [6.45, 7) is 2.24. The van der Waals surface area contributed by atoms with Crippen LogP contribution in [0.15, 0.2) is 54.6 Å². The van der Waals surface area contributed by atoms with E-state index in [9.17, 15) is 0 Å². The molecule has 2 rings (SSSR count). The molecule has 0 spiro atoms. The quantitative estimate of drug-likeness (QED) is 0.766. The molecule has 94 valence electrons. The van der Waals surface area contributed by atoms with Crippen LogP contribution in [0.2, 0.25) is 0 Å². The number of rotatable bonds is 4. The van der Waals surface area contributed by atoms with Crippen LogP contribution < -0.4 is 0 Å². The van der Waals surface area contributed by atoms with Crippen LogP contribution >= 0.6 is 0 Å². The fourth-order valence-corrected chi connectivity index (χ4v) is 2.53. The predicted molar refractivity (Wildman–Crippen MR) is 78.6 cm³/mol. The van der Waals surface area contributed by atoms with Crippen LogP contribution in [0.3, 0.4) is 0 Å². The molecule has 2 aromatic carbocycles. The molecule has 0 fully saturated rings. The Morgan fingerprint density at radius 2 is 1.50 bits per heavy atom. The fourth-order valence-electron chi connectivity index (χ4n) is 2.53. The maximum atomic E-state index is 2.29. The van der Waals surface area contributed by atoms with Crippen LogP contribution in [0, 0.1) is 0 Å². The first-order valence-electron chi connectivity index (χ1n) is 6.54. The summed E-state index contributed by atoms with van der Waals surface area (Å²) >= 11 is 0. The molecule has 0 aliphatic heterocycles. The van der Waals surface area contributed by atoms with Crippen LogP contribution in [-0.2, 0) is 0 Å². The Balaban J connectivity index is 2.49. The molecule has 0 aliphatic carbocycles.